The average Bonchev–Trinajstić information content (AvgIpc) is 2.41. The second kappa shape index (κ2) is 7.07. The van der Waals surface area contributed by atoms with Crippen molar-refractivity contribution in [1.82, 2.24) is 0 Å². The first kappa shape index (κ1) is 17.0. The maximum absolute atomic E-state index is 12.0. The van der Waals surface area contributed by atoms with E-state index in [0.29, 0.717) is 6.42 Å². The van der Waals surface area contributed by atoms with Gasteiger partial charge in [-0.15, -0.1) is 0 Å². The van der Waals surface area contributed by atoms with Gasteiger partial charge in [0.15, 0.2) is 17.3 Å². The molecule has 0 aromatic heterocycles. The Hall–Kier alpha value is -2.10. The molecule has 21 heavy (non-hydrogen) atoms. The molecular formula is C17H22O4. The van der Waals surface area contributed by atoms with E-state index in [0.717, 1.165) is 18.1 Å². The van der Waals surface area contributed by atoms with Gasteiger partial charge in [0.05, 0.1) is 7.11 Å². The number of ether oxygens (including phenoxy) is 1. The first-order valence-electron chi connectivity index (χ1n) is 6.83. The van der Waals surface area contributed by atoms with Crippen molar-refractivity contribution in [2.45, 2.75) is 33.6 Å². The average molecular weight is 290 g/mol. The van der Waals surface area contributed by atoms with Crippen molar-refractivity contribution in [3.05, 3.63) is 47.0 Å². The lowest BCUT2D eigenvalue weighted by atomic mass is 9.86. The Kier molecular flexibility index (Phi) is 5.70. The molecule has 1 atom stereocenters. The number of hydrogen-bond acceptors (Lipinski definition) is 4. The first-order chi connectivity index (χ1) is 9.77. The zero-order valence-corrected chi connectivity index (χ0v) is 13.0. The Bertz CT molecular complexity index is 557. The number of hydrogen-bond donors (Lipinski definition) is 1. The number of allylic oxidation sites excluding steroid dienone is 5. The lowest BCUT2D eigenvalue weighted by molar-refractivity contribution is -0.120. The third-order valence-electron chi connectivity index (χ3n) is 3.46. The normalized spacial score (nSPS) is 16.5. The Morgan fingerprint density at radius 1 is 1.38 bits per heavy atom. The number of ketones is 2. The van der Waals surface area contributed by atoms with E-state index < -0.39 is 11.5 Å². The van der Waals surface area contributed by atoms with Crippen molar-refractivity contribution in [1.29, 1.82) is 0 Å². The SMILES string of the molecule is C=C(C)[C@H](CC=C(C)C)CC1=C(O)C(=O)C(OC)=CC1=O. The zero-order chi connectivity index (χ0) is 16.2. The highest BCUT2D eigenvalue weighted by Gasteiger charge is 2.30. The van der Waals surface area contributed by atoms with Gasteiger partial charge in [-0.25, -0.2) is 0 Å². The van der Waals surface area contributed by atoms with Crippen LogP contribution in [0.25, 0.3) is 0 Å². The number of aliphatic hydroxyl groups is 1. The third-order valence-corrected chi connectivity index (χ3v) is 3.46. The predicted molar refractivity (Wildman–Crippen MR) is 81.7 cm³/mol. The number of rotatable bonds is 6. The van der Waals surface area contributed by atoms with Crippen LogP contribution in [0.5, 0.6) is 0 Å². The Balaban J connectivity index is 3.01. The summed E-state index contributed by atoms with van der Waals surface area (Å²) >= 11 is 0. The maximum atomic E-state index is 12.0. The molecular weight excluding hydrogens is 268 g/mol. The smallest absolute Gasteiger partial charge is 0.262 e. The molecule has 1 rings (SSSR count). The van der Waals surface area contributed by atoms with Crippen LogP contribution in [0.4, 0.5) is 0 Å². The second-order valence-electron chi connectivity index (χ2n) is 5.50. The van der Waals surface area contributed by atoms with E-state index >= 15 is 0 Å². The van der Waals surface area contributed by atoms with Gasteiger partial charge in [0, 0.05) is 11.6 Å². The number of Topliss-reactive ketones (excluding diaryl/α,β-unsaturated/α-hetero) is 1. The fraction of sp³-hybridized carbons (Fsp3) is 0.412. The standard InChI is InChI=1S/C17H22O4/c1-10(2)6-7-12(11(3)4)8-13-14(18)9-15(21-5)17(20)16(13)19/h6,9,12,19H,3,7-8H2,1-2,4-5H3/t12-/m1/s1. The minimum Gasteiger partial charge on any atom is -0.504 e. The Morgan fingerprint density at radius 2 is 2.00 bits per heavy atom. The van der Waals surface area contributed by atoms with E-state index in [4.69, 9.17) is 4.74 Å². The second-order valence-corrected chi connectivity index (χ2v) is 5.50. The van der Waals surface area contributed by atoms with Crippen LogP contribution in [-0.4, -0.2) is 23.8 Å². The highest BCUT2D eigenvalue weighted by Crippen LogP contribution is 2.28. The van der Waals surface area contributed by atoms with Gasteiger partial charge in [-0.2, -0.15) is 0 Å². The quantitative estimate of drug-likeness (QED) is 0.601. The summed E-state index contributed by atoms with van der Waals surface area (Å²) in [6.07, 6.45) is 4.20. The molecule has 1 aliphatic carbocycles. The van der Waals surface area contributed by atoms with Crippen molar-refractivity contribution >= 4 is 11.6 Å². The minimum atomic E-state index is -0.644. The summed E-state index contributed by atoms with van der Waals surface area (Å²) in [6, 6.07) is 0. The summed E-state index contributed by atoms with van der Waals surface area (Å²) in [7, 11) is 1.29. The number of aliphatic hydroxyl groups excluding tert-OH is 1. The summed E-state index contributed by atoms with van der Waals surface area (Å²) in [5.74, 6) is -1.66. The van der Waals surface area contributed by atoms with E-state index in [1.165, 1.54) is 12.7 Å². The fourth-order valence-corrected chi connectivity index (χ4v) is 2.07. The van der Waals surface area contributed by atoms with Gasteiger partial charge >= 0.3 is 0 Å². The van der Waals surface area contributed by atoms with Crippen molar-refractivity contribution in [3.63, 3.8) is 0 Å². The summed E-state index contributed by atoms with van der Waals surface area (Å²) in [6.45, 7) is 9.80. The first-order valence-corrected chi connectivity index (χ1v) is 6.83. The molecule has 0 radical (unpaired) electrons. The van der Waals surface area contributed by atoms with E-state index in [1.807, 2.05) is 20.8 Å². The van der Waals surface area contributed by atoms with Gasteiger partial charge in [0.1, 0.15) is 0 Å². The van der Waals surface area contributed by atoms with Crippen LogP contribution >= 0.6 is 0 Å². The van der Waals surface area contributed by atoms with E-state index in [9.17, 15) is 14.7 Å². The molecule has 0 aliphatic heterocycles. The molecule has 0 aromatic rings. The topological polar surface area (TPSA) is 63.6 Å². The highest BCUT2D eigenvalue weighted by molar-refractivity contribution is 6.20. The molecule has 0 amide bonds. The van der Waals surface area contributed by atoms with Gasteiger partial charge in [-0.05, 0) is 39.5 Å². The van der Waals surface area contributed by atoms with Crippen LogP contribution in [0.1, 0.15) is 33.6 Å². The van der Waals surface area contributed by atoms with Gasteiger partial charge in [0.25, 0.3) is 5.78 Å². The largest absolute Gasteiger partial charge is 0.504 e. The summed E-state index contributed by atoms with van der Waals surface area (Å²) in [4.78, 5) is 23.9. The van der Waals surface area contributed by atoms with E-state index in [-0.39, 0.29) is 23.0 Å². The molecule has 4 heteroatoms. The van der Waals surface area contributed by atoms with Gasteiger partial charge < -0.3 is 9.84 Å². The lowest BCUT2D eigenvalue weighted by Gasteiger charge is -2.20. The molecule has 0 saturated carbocycles. The molecule has 0 unspecified atom stereocenters. The Morgan fingerprint density at radius 3 is 2.48 bits per heavy atom. The molecule has 0 heterocycles. The molecule has 1 N–H and O–H groups in total. The molecule has 0 bridgehead atoms. The lowest BCUT2D eigenvalue weighted by Crippen LogP contribution is -2.22. The molecule has 0 aromatic carbocycles. The van der Waals surface area contributed by atoms with Crippen LogP contribution in [0, 0.1) is 5.92 Å². The number of carbonyl (C=O) groups is 2. The van der Waals surface area contributed by atoms with Crippen molar-refractivity contribution in [2.75, 3.05) is 7.11 Å². The monoisotopic (exact) mass is 290 g/mol. The molecule has 114 valence electrons. The summed E-state index contributed by atoms with van der Waals surface area (Å²) in [5, 5.41) is 9.96. The molecule has 4 nitrogen and oxygen atoms in total. The van der Waals surface area contributed by atoms with E-state index in [2.05, 4.69) is 12.7 Å². The van der Waals surface area contributed by atoms with Crippen molar-refractivity contribution < 1.29 is 19.4 Å². The van der Waals surface area contributed by atoms with Crippen LogP contribution in [0.3, 0.4) is 0 Å². The number of methoxy groups -OCH3 is 1. The van der Waals surface area contributed by atoms with E-state index in [1.54, 1.807) is 0 Å². The predicted octanol–water partition coefficient (Wildman–Crippen LogP) is 3.42. The highest BCUT2D eigenvalue weighted by atomic mass is 16.5. The van der Waals surface area contributed by atoms with Crippen molar-refractivity contribution in [2.24, 2.45) is 5.92 Å². The Labute approximate surface area is 125 Å². The minimum absolute atomic E-state index is 0.00583. The van der Waals surface area contributed by atoms with Crippen LogP contribution in [0.2, 0.25) is 0 Å². The third kappa shape index (κ3) is 4.18. The van der Waals surface area contributed by atoms with Crippen LogP contribution in [-0.2, 0) is 14.3 Å². The molecule has 1 aliphatic rings. The van der Waals surface area contributed by atoms with Gasteiger partial charge in [-0.3, -0.25) is 9.59 Å². The summed E-state index contributed by atoms with van der Waals surface area (Å²) in [5.41, 5.74) is 2.22. The van der Waals surface area contributed by atoms with Crippen molar-refractivity contribution in [3.8, 4) is 0 Å². The van der Waals surface area contributed by atoms with Crippen LogP contribution < -0.4 is 0 Å². The molecule has 0 spiro atoms. The number of carbonyl (C=O) groups excluding carboxylic acids is 2. The summed E-state index contributed by atoms with van der Waals surface area (Å²) < 4.78 is 4.79. The maximum Gasteiger partial charge on any atom is 0.262 e. The molecule has 0 fully saturated rings. The van der Waals surface area contributed by atoms with Crippen LogP contribution in [0.15, 0.2) is 47.0 Å². The van der Waals surface area contributed by atoms with Gasteiger partial charge in [0.2, 0.25) is 0 Å². The molecule has 0 saturated heterocycles. The zero-order valence-electron chi connectivity index (χ0n) is 13.0. The van der Waals surface area contributed by atoms with Gasteiger partial charge in [-0.1, -0.05) is 23.8 Å². The fourth-order valence-electron chi connectivity index (χ4n) is 2.07.